The number of alkyl halides is 6. The van der Waals surface area contributed by atoms with Crippen LogP contribution in [0.3, 0.4) is 0 Å². The summed E-state index contributed by atoms with van der Waals surface area (Å²) in [5, 5.41) is 8.27. The molecular weight excluding hydrogens is 542 g/mol. The average molecular weight is 555 g/mol. The third-order valence-corrected chi connectivity index (χ3v) is 5.50. The fraction of sp³-hybridized carbons (Fsp3) is 0.150. The summed E-state index contributed by atoms with van der Waals surface area (Å²) in [5.74, 6) is -2.48. The second-order valence-electron chi connectivity index (χ2n) is 7.03. The largest absolute Gasteiger partial charge is 0.573 e. The summed E-state index contributed by atoms with van der Waals surface area (Å²) < 4.78 is 106. The number of halogens is 7. The quantitative estimate of drug-likeness (QED) is 0.354. The highest BCUT2D eigenvalue weighted by Crippen LogP contribution is 2.40. The van der Waals surface area contributed by atoms with Gasteiger partial charge in [-0.3, -0.25) is 4.79 Å². The van der Waals surface area contributed by atoms with Crippen molar-refractivity contribution in [3.63, 3.8) is 0 Å². The second-order valence-corrected chi connectivity index (χ2v) is 9.54. The van der Waals surface area contributed by atoms with Gasteiger partial charge in [0.15, 0.2) is 5.03 Å². The molecule has 0 spiro atoms. The Morgan fingerprint density at radius 2 is 1.67 bits per heavy atom. The molecule has 2 aromatic carbocycles. The second kappa shape index (κ2) is 9.81. The zero-order valence-electron chi connectivity index (χ0n) is 17.7. The molecule has 1 amide bonds. The Morgan fingerprint density at radius 3 is 2.22 bits per heavy atom. The minimum atomic E-state index is -4.96. The number of amides is 1. The Hall–Kier alpha value is -3.59. The predicted molar refractivity (Wildman–Crippen MR) is 115 cm³/mol. The van der Waals surface area contributed by atoms with Crippen LogP contribution in [0.4, 0.5) is 32.0 Å². The van der Waals surface area contributed by atoms with Crippen LogP contribution in [0.1, 0.15) is 15.9 Å². The van der Waals surface area contributed by atoms with E-state index in [9.17, 15) is 35.3 Å². The zero-order valence-corrected chi connectivity index (χ0v) is 19.3. The van der Waals surface area contributed by atoms with Gasteiger partial charge in [0.1, 0.15) is 17.2 Å². The lowest BCUT2D eigenvalue weighted by Gasteiger charge is -2.16. The van der Waals surface area contributed by atoms with Crippen molar-refractivity contribution in [2.45, 2.75) is 17.6 Å². The first kappa shape index (κ1) is 27.0. The van der Waals surface area contributed by atoms with E-state index in [4.69, 9.17) is 21.1 Å². The van der Waals surface area contributed by atoms with Gasteiger partial charge in [-0.2, -0.15) is 18.3 Å². The summed E-state index contributed by atoms with van der Waals surface area (Å²) in [6.07, 6.45) is -7.78. The number of hydrogen-bond acceptors (Lipinski definition) is 7. The molecule has 0 aliphatic carbocycles. The lowest BCUT2D eigenvalue weighted by molar-refractivity contribution is -0.274. The molecule has 0 fully saturated rings. The van der Waals surface area contributed by atoms with Crippen LogP contribution in [0.2, 0.25) is 5.02 Å². The van der Waals surface area contributed by atoms with E-state index in [1.54, 1.807) is 0 Å². The maximum atomic E-state index is 13.4. The number of benzene rings is 2. The number of aromatic nitrogens is 2. The molecule has 192 valence electrons. The van der Waals surface area contributed by atoms with Crippen LogP contribution in [0, 0.1) is 4.78 Å². The summed E-state index contributed by atoms with van der Waals surface area (Å²) in [5.41, 5.74) is -1.90. The third-order valence-electron chi connectivity index (χ3n) is 4.19. The van der Waals surface area contributed by atoms with Gasteiger partial charge in [-0.25, -0.2) is 8.99 Å². The van der Waals surface area contributed by atoms with E-state index < -0.39 is 55.8 Å². The molecule has 0 aliphatic heterocycles. The van der Waals surface area contributed by atoms with E-state index in [0.717, 1.165) is 42.8 Å². The SMILES string of the molecule is CS(=N)(=O)c1cc(NC(=O)c2cc(Cl)c(C(F)(F)F)cc2Oc2ccc(OC(F)(F)F)cc2)cnn1. The van der Waals surface area contributed by atoms with Crippen molar-refractivity contribution in [2.75, 3.05) is 11.6 Å². The van der Waals surface area contributed by atoms with E-state index >= 15 is 0 Å². The highest BCUT2D eigenvalue weighted by molar-refractivity contribution is 7.91. The third kappa shape index (κ3) is 6.97. The molecule has 2 N–H and O–H groups in total. The summed E-state index contributed by atoms with van der Waals surface area (Å²) in [4.78, 5) is 12.9. The molecule has 0 saturated carbocycles. The number of rotatable bonds is 6. The van der Waals surface area contributed by atoms with E-state index in [2.05, 4.69) is 20.3 Å². The minimum Gasteiger partial charge on any atom is -0.457 e. The Kier molecular flexibility index (Phi) is 7.36. The maximum absolute atomic E-state index is 13.4. The molecule has 0 saturated heterocycles. The molecule has 3 aromatic rings. The number of ether oxygens (including phenoxy) is 2. The fourth-order valence-electron chi connectivity index (χ4n) is 2.67. The van der Waals surface area contributed by atoms with Crippen molar-refractivity contribution in [1.82, 2.24) is 10.2 Å². The van der Waals surface area contributed by atoms with Crippen molar-refractivity contribution in [2.24, 2.45) is 0 Å². The Balaban J connectivity index is 1.98. The Morgan fingerprint density at radius 1 is 1.06 bits per heavy atom. The van der Waals surface area contributed by atoms with Gasteiger partial charge >= 0.3 is 12.5 Å². The predicted octanol–water partition coefficient (Wildman–Crippen LogP) is 6.13. The van der Waals surface area contributed by atoms with Crippen molar-refractivity contribution in [1.29, 1.82) is 4.78 Å². The number of nitrogens with one attached hydrogen (secondary N) is 2. The number of anilines is 1. The minimum absolute atomic E-state index is 0.0811. The number of carbonyl (C=O) groups is 1. The van der Waals surface area contributed by atoms with Crippen LogP contribution in [0.5, 0.6) is 17.2 Å². The van der Waals surface area contributed by atoms with Gasteiger partial charge in [-0.15, -0.1) is 18.3 Å². The first-order valence-corrected chi connectivity index (χ1v) is 11.7. The van der Waals surface area contributed by atoms with Gasteiger partial charge in [0.25, 0.3) is 5.91 Å². The molecule has 1 atom stereocenters. The van der Waals surface area contributed by atoms with Crippen LogP contribution in [-0.4, -0.2) is 32.9 Å². The number of nitrogens with zero attached hydrogens (tertiary/aromatic N) is 2. The van der Waals surface area contributed by atoms with E-state index in [-0.39, 0.29) is 16.5 Å². The molecule has 1 unspecified atom stereocenters. The molecule has 1 aromatic heterocycles. The summed E-state index contributed by atoms with van der Waals surface area (Å²) in [6, 6.07) is 5.92. The molecular formula is C20H13ClF6N4O4S. The molecule has 0 bridgehead atoms. The highest BCUT2D eigenvalue weighted by atomic mass is 35.5. The lowest BCUT2D eigenvalue weighted by atomic mass is 10.1. The molecule has 3 rings (SSSR count). The highest BCUT2D eigenvalue weighted by Gasteiger charge is 2.35. The Labute approximate surface area is 204 Å². The van der Waals surface area contributed by atoms with Gasteiger partial charge in [-0.05, 0) is 36.4 Å². The summed E-state index contributed by atoms with van der Waals surface area (Å²) in [7, 11) is -3.29. The van der Waals surface area contributed by atoms with Crippen LogP contribution >= 0.6 is 11.6 Å². The first-order chi connectivity index (χ1) is 16.5. The van der Waals surface area contributed by atoms with Crippen molar-refractivity contribution >= 4 is 32.9 Å². The first-order valence-electron chi connectivity index (χ1n) is 9.35. The molecule has 36 heavy (non-hydrogen) atoms. The summed E-state index contributed by atoms with van der Waals surface area (Å²) in [6.45, 7) is 0. The van der Waals surface area contributed by atoms with Crippen molar-refractivity contribution in [3.8, 4) is 17.2 Å². The fourth-order valence-corrected chi connectivity index (χ4v) is 3.50. The maximum Gasteiger partial charge on any atom is 0.573 e. The van der Waals surface area contributed by atoms with E-state index in [1.165, 1.54) is 0 Å². The zero-order chi connectivity index (χ0) is 26.9. The molecule has 0 aliphatic rings. The van der Waals surface area contributed by atoms with Crippen LogP contribution in [0.15, 0.2) is 53.7 Å². The smallest absolute Gasteiger partial charge is 0.457 e. The van der Waals surface area contributed by atoms with Crippen molar-refractivity contribution < 1.29 is 44.8 Å². The van der Waals surface area contributed by atoms with Gasteiger partial charge < -0.3 is 14.8 Å². The monoisotopic (exact) mass is 554 g/mol. The number of hydrogen-bond donors (Lipinski definition) is 2. The molecule has 1 heterocycles. The van der Waals surface area contributed by atoms with Crippen LogP contribution in [-0.2, 0) is 15.9 Å². The summed E-state index contributed by atoms with van der Waals surface area (Å²) >= 11 is 5.74. The van der Waals surface area contributed by atoms with Gasteiger partial charge in [0.2, 0.25) is 0 Å². The molecule has 0 radical (unpaired) electrons. The van der Waals surface area contributed by atoms with E-state index in [0.29, 0.717) is 12.1 Å². The topological polar surface area (TPSA) is 114 Å². The number of carbonyl (C=O) groups excluding carboxylic acids is 1. The standard InChI is InChI=1S/C20H13ClF6N4O4S/c1-36(28,33)17-6-10(9-29-31-17)30-18(32)13-7-15(21)14(19(22,23)24)8-16(13)34-11-2-4-12(5-3-11)35-20(25,26)27/h2-9,28H,1H3,(H,30,31,32). The molecule has 16 heteroatoms. The van der Waals surface area contributed by atoms with Gasteiger partial charge in [-0.1, -0.05) is 11.6 Å². The average Bonchev–Trinajstić information content (AvgIpc) is 2.73. The van der Waals surface area contributed by atoms with Gasteiger partial charge in [0, 0.05) is 12.3 Å². The van der Waals surface area contributed by atoms with Crippen LogP contribution in [0.25, 0.3) is 0 Å². The van der Waals surface area contributed by atoms with Crippen LogP contribution < -0.4 is 14.8 Å². The van der Waals surface area contributed by atoms with E-state index in [1.807, 2.05) is 0 Å². The van der Waals surface area contributed by atoms with Gasteiger partial charge in [0.05, 0.1) is 37.8 Å². The lowest BCUT2D eigenvalue weighted by Crippen LogP contribution is -2.17. The molecule has 8 nitrogen and oxygen atoms in total. The Bertz CT molecular complexity index is 1400. The van der Waals surface area contributed by atoms with Crippen molar-refractivity contribution in [3.05, 3.63) is 64.8 Å². The normalized spacial score (nSPS) is 13.6.